The standard InChI is InChI=1S/C24H28N2O5S/c1-4-5-10-30-20-8-6-17(11-22(20)28-2)13-25-24(27)18-7-9-21(23(12-18)29-3)31-14-19-15-32-16-26-19/h6-9,11-12,15-16H,4-5,10,13-14H2,1-3H3,(H,25,27). The molecule has 1 amide bonds. The second-order valence-electron chi connectivity index (χ2n) is 7.00. The van der Waals surface area contributed by atoms with Gasteiger partial charge in [-0.3, -0.25) is 4.79 Å². The van der Waals surface area contributed by atoms with E-state index in [9.17, 15) is 4.79 Å². The van der Waals surface area contributed by atoms with Gasteiger partial charge in [0.1, 0.15) is 6.61 Å². The van der Waals surface area contributed by atoms with E-state index in [-0.39, 0.29) is 5.91 Å². The second kappa shape index (κ2) is 12.0. The van der Waals surface area contributed by atoms with Crippen molar-refractivity contribution in [3.05, 3.63) is 64.1 Å². The molecule has 0 radical (unpaired) electrons. The number of rotatable bonds is 12. The van der Waals surface area contributed by atoms with Crippen LogP contribution in [0.25, 0.3) is 0 Å². The number of unbranched alkanes of at least 4 members (excludes halogenated alkanes) is 1. The van der Waals surface area contributed by atoms with Crippen molar-refractivity contribution in [1.82, 2.24) is 10.3 Å². The highest BCUT2D eigenvalue weighted by molar-refractivity contribution is 7.07. The first kappa shape index (κ1) is 23.4. The van der Waals surface area contributed by atoms with E-state index in [1.54, 1.807) is 37.9 Å². The summed E-state index contributed by atoms with van der Waals surface area (Å²) in [5.41, 5.74) is 3.99. The van der Waals surface area contributed by atoms with Gasteiger partial charge < -0.3 is 24.3 Å². The SMILES string of the molecule is CCCCOc1ccc(CNC(=O)c2ccc(OCc3cscn3)c(OC)c2)cc1OC. The van der Waals surface area contributed by atoms with Gasteiger partial charge in [-0.2, -0.15) is 0 Å². The predicted octanol–water partition coefficient (Wildman–Crippen LogP) is 4.85. The molecule has 3 rings (SSSR count). The fraction of sp³-hybridized carbons (Fsp3) is 0.333. The largest absolute Gasteiger partial charge is 0.493 e. The lowest BCUT2D eigenvalue weighted by Crippen LogP contribution is -2.22. The summed E-state index contributed by atoms with van der Waals surface area (Å²) in [6, 6.07) is 10.8. The van der Waals surface area contributed by atoms with Gasteiger partial charge >= 0.3 is 0 Å². The van der Waals surface area contributed by atoms with Crippen LogP contribution < -0.4 is 24.3 Å². The summed E-state index contributed by atoms with van der Waals surface area (Å²) in [5, 5.41) is 4.85. The molecular formula is C24H28N2O5S. The van der Waals surface area contributed by atoms with Crippen LogP contribution in [0.2, 0.25) is 0 Å². The molecule has 7 nitrogen and oxygen atoms in total. The van der Waals surface area contributed by atoms with E-state index >= 15 is 0 Å². The van der Waals surface area contributed by atoms with Crippen LogP contribution >= 0.6 is 11.3 Å². The molecule has 0 aliphatic rings. The monoisotopic (exact) mass is 456 g/mol. The number of methoxy groups -OCH3 is 2. The number of ether oxygens (including phenoxy) is 4. The Balaban J connectivity index is 1.60. The van der Waals surface area contributed by atoms with Gasteiger partial charge in [0.25, 0.3) is 5.91 Å². The molecule has 0 fully saturated rings. The van der Waals surface area contributed by atoms with Gasteiger partial charge in [-0.15, -0.1) is 11.3 Å². The van der Waals surface area contributed by atoms with Gasteiger partial charge in [0.15, 0.2) is 23.0 Å². The van der Waals surface area contributed by atoms with E-state index < -0.39 is 0 Å². The zero-order valence-corrected chi connectivity index (χ0v) is 19.4. The number of hydrogen-bond acceptors (Lipinski definition) is 7. The summed E-state index contributed by atoms with van der Waals surface area (Å²) in [6.07, 6.45) is 2.05. The average molecular weight is 457 g/mol. The average Bonchev–Trinajstić information content (AvgIpc) is 3.35. The lowest BCUT2D eigenvalue weighted by molar-refractivity contribution is 0.0950. The third-order valence-electron chi connectivity index (χ3n) is 4.72. The van der Waals surface area contributed by atoms with Crippen molar-refractivity contribution in [2.45, 2.75) is 32.9 Å². The molecule has 3 aromatic rings. The molecule has 0 saturated heterocycles. The van der Waals surface area contributed by atoms with Gasteiger partial charge in [-0.05, 0) is 42.3 Å². The van der Waals surface area contributed by atoms with Crippen molar-refractivity contribution in [1.29, 1.82) is 0 Å². The quantitative estimate of drug-likeness (QED) is 0.393. The molecule has 0 aliphatic carbocycles. The number of carbonyl (C=O) groups is 1. The molecule has 8 heteroatoms. The second-order valence-corrected chi connectivity index (χ2v) is 7.72. The fourth-order valence-corrected chi connectivity index (χ4v) is 3.48. The maximum Gasteiger partial charge on any atom is 0.251 e. The molecule has 1 heterocycles. The Morgan fingerprint density at radius 2 is 1.75 bits per heavy atom. The number of hydrogen-bond donors (Lipinski definition) is 1. The van der Waals surface area contributed by atoms with E-state index in [0.29, 0.717) is 48.3 Å². The molecule has 0 bridgehead atoms. The first-order valence-electron chi connectivity index (χ1n) is 10.4. The predicted molar refractivity (Wildman–Crippen MR) is 124 cm³/mol. The molecule has 1 N–H and O–H groups in total. The number of nitrogens with zero attached hydrogens (tertiary/aromatic N) is 1. The Morgan fingerprint density at radius 1 is 1.00 bits per heavy atom. The molecule has 0 unspecified atom stereocenters. The molecule has 0 spiro atoms. The Bertz CT molecular complexity index is 1010. The Kier molecular flexibility index (Phi) is 8.74. The van der Waals surface area contributed by atoms with Crippen LogP contribution in [0.15, 0.2) is 47.3 Å². The first-order valence-corrected chi connectivity index (χ1v) is 11.3. The maximum atomic E-state index is 12.7. The third kappa shape index (κ3) is 6.37. The number of benzene rings is 2. The molecule has 0 atom stereocenters. The minimum Gasteiger partial charge on any atom is -0.493 e. The Morgan fingerprint density at radius 3 is 2.47 bits per heavy atom. The van der Waals surface area contributed by atoms with Crippen molar-refractivity contribution < 1.29 is 23.7 Å². The molecular weight excluding hydrogens is 428 g/mol. The molecule has 0 saturated carbocycles. The third-order valence-corrected chi connectivity index (χ3v) is 5.36. The highest BCUT2D eigenvalue weighted by Crippen LogP contribution is 2.30. The van der Waals surface area contributed by atoms with Crippen LogP contribution in [-0.4, -0.2) is 31.7 Å². The summed E-state index contributed by atoms with van der Waals surface area (Å²) in [4.78, 5) is 16.9. The van der Waals surface area contributed by atoms with Crippen molar-refractivity contribution in [2.75, 3.05) is 20.8 Å². The summed E-state index contributed by atoms with van der Waals surface area (Å²) in [7, 11) is 3.15. The summed E-state index contributed by atoms with van der Waals surface area (Å²) >= 11 is 1.51. The van der Waals surface area contributed by atoms with Crippen LogP contribution in [0.3, 0.4) is 0 Å². The van der Waals surface area contributed by atoms with Crippen molar-refractivity contribution in [3.63, 3.8) is 0 Å². The zero-order valence-electron chi connectivity index (χ0n) is 18.6. The Labute approximate surface area is 192 Å². The van der Waals surface area contributed by atoms with Gasteiger partial charge in [0, 0.05) is 17.5 Å². The Hall–Kier alpha value is -3.26. The molecule has 0 aliphatic heterocycles. The highest BCUT2D eigenvalue weighted by Gasteiger charge is 2.13. The normalized spacial score (nSPS) is 10.5. The number of carbonyl (C=O) groups excluding carboxylic acids is 1. The van der Waals surface area contributed by atoms with Crippen LogP contribution in [0.4, 0.5) is 0 Å². The van der Waals surface area contributed by atoms with E-state index in [1.807, 2.05) is 23.6 Å². The first-order chi connectivity index (χ1) is 15.6. The topological polar surface area (TPSA) is 78.9 Å². The van der Waals surface area contributed by atoms with Gasteiger partial charge in [0.2, 0.25) is 0 Å². The minimum atomic E-state index is -0.211. The fourth-order valence-electron chi connectivity index (χ4n) is 2.94. The zero-order chi connectivity index (χ0) is 22.8. The minimum absolute atomic E-state index is 0.211. The van der Waals surface area contributed by atoms with Gasteiger partial charge in [0.05, 0.1) is 32.0 Å². The van der Waals surface area contributed by atoms with E-state index in [1.165, 1.54) is 11.3 Å². The van der Waals surface area contributed by atoms with E-state index in [0.717, 1.165) is 24.1 Å². The van der Waals surface area contributed by atoms with Crippen LogP contribution in [0.1, 0.15) is 41.4 Å². The number of aromatic nitrogens is 1. The smallest absolute Gasteiger partial charge is 0.251 e. The molecule has 1 aromatic heterocycles. The summed E-state index contributed by atoms with van der Waals surface area (Å²) < 4.78 is 22.4. The van der Waals surface area contributed by atoms with E-state index in [4.69, 9.17) is 18.9 Å². The lowest BCUT2D eigenvalue weighted by atomic mass is 10.1. The van der Waals surface area contributed by atoms with Gasteiger partial charge in [-0.1, -0.05) is 19.4 Å². The van der Waals surface area contributed by atoms with Crippen molar-refractivity contribution >= 4 is 17.2 Å². The lowest BCUT2D eigenvalue weighted by Gasteiger charge is -2.13. The van der Waals surface area contributed by atoms with Crippen LogP contribution in [0.5, 0.6) is 23.0 Å². The van der Waals surface area contributed by atoms with Crippen LogP contribution in [-0.2, 0) is 13.2 Å². The van der Waals surface area contributed by atoms with Crippen molar-refractivity contribution in [3.8, 4) is 23.0 Å². The van der Waals surface area contributed by atoms with Crippen LogP contribution in [0, 0.1) is 0 Å². The molecule has 2 aromatic carbocycles. The number of thiazole rings is 1. The summed E-state index contributed by atoms with van der Waals surface area (Å²) in [5.74, 6) is 2.19. The van der Waals surface area contributed by atoms with Crippen molar-refractivity contribution in [2.24, 2.45) is 0 Å². The van der Waals surface area contributed by atoms with E-state index in [2.05, 4.69) is 17.2 Å². The number of nitrogens with one attached hydrogen (secondary N) is 1. The summed E-state index contributed by atoms with van der Waals surface area (Å²) in [6.45, 7) is 3.46. The molecule has 170 valence electrons. The molecule has 32 heavy (non-hydrogen) atoms. The highest BCUT2D eigenvalue weighted by atomic mass is 32.1. The maximum absolute atomic E-state index is 12.7. The number of amides is 1. The van der Waals surface area contributed by atoms with Gasteiger partial charge in [-0.25, -0.2) is 4.98 Å².